The first-order valence-electron chi connectivity index (χ1n) is 21.0. The van der Waals surface area contributed by atoms with E-state index in [0.717, 1.165) is 5.56 Å². The summed E-state index contributed by atoms with van der Waals surface area (Å²) in [4.78, 5) is 107. The number of likely N-dealkylation sites (tertiary alicyclic amines) is 1. The van der Waals surface area contributed by atoms with Crippen LogP contribution in [0.4, 0.5) is 31.4 Å². The van der Waals surface area contributed by atoms with Crippen molar-refractivity contribution in [2.75, 3.05) is 46.4 Å². The molecular weight excluding hydrogens is 927 g/mol. The maximum Gasteiger partial charge on any atom is 0.414 e. The molecule has 69 heavy (non-hydrogen) atoms. The lowest BCUT2D eigenvalue weighted by molar-refractivity contribution is -0.385. The first-order chi connectivity index (χ1) is 33.1. The SMILES string of the molecule is COc1ccc(CS[C@H]2C[C@@H](C(=O)N3CCN(C(=O)CN=C(NC(=O)OCc4ccc([N+](=O)[O-])cc4)NC(=O)OCc4ccc([N+](=O)[O-])cc4)CC3)N(C(=O)OCc3ccc([N+](=O)[O-])cc3)C2)cc1. The molecule has 2 fully saturated rings. The minimum Gasteiger partial charge on any atom is -0.497 e. The quantitative estimate of drug-likeness (QED) is 0.0472. The number of nitro groups is 3. The number of benzene rings is 4. The van der Waals surface area contributed by atoms with Gasteiger partial charge in [-0.2, -0.15) is 11.8 Å². The summed E-state index contributed by atoms with van der Waals surface area (Å²) in [7, 11) is 1.58. The number of hydrogen-bond acceptors (Lipinski definition) is 17. The largest absolute Gasteiger partial charge is 0.497 e. The van der Waals surface area contributed by atoms with E-state index >= 15 is 0 Å². The van der Waals surface area contributed by atoms with Crippen LogP contribution in [0.25, 0.3) is 0 Å². The average Bonchev–Trinajstić information content (AvgIpc) is 3.80. The molecule has 4 aromatic carbocycles. The Balaban J connectivity index is 1.06. The van der Waals surface area contributed by atoms with Crippen LogP contribution in [0.3, 0.4) is 0 Å². The molecule has 2 atom stereocenters. The summed E-state index contributed by atoms with van der Waals surface area (Å²) < 4.78 is 21.2. The van der Waals surface area contributed by atoms with Crippen LogP contribution in [-0.2, 0) is 49.4 Å². The Morgan fingerprint density at radius 3 is 1.52 bits per heavy atom. The van der Waals surface area contributed by atoms with Gasteiger partial charge in [0.25, 0.3) is 17.1 Å². The number of rotatable bonds is 16. The zero-order valence-electron chi connectivity index (χ0n) is 36.8. The number of ether oxygens (including phenoxy) is 4. The fourth-order valence-electron chi connectivity index (χ4n) is 6.97. The normalized spacial score (nSPS) is 15.3. The highest BCUT2D eigenvalue weighted by Gasteiger charge is 2.43. The van der Waals surface area contributed by atoms with Crippen LogP contribution in [0.2, 0.25) is 0 Å². The molecule has 0 aromatic heterocycles. The van der Waals surface area contributed by atoms with E-state index in [1.54, 1.807) is 23.8 Å². The number of non-ortho nitro benzene ring substituents is 3. The molecule has 0 saturated carbocycles. The number of thioether (sulfide) groups is 1. The standard InChI is InChI=1S/C44H45N9O15S/c1-65-36-16-8-32(9-17-36)28-69-37-22-38(50(24-37)44(58)68-27-31-6-14-35(15-7-31)53(63)64)40(55)49-20-18-48(19-21-49)39(54)23-45-41(46-42(56)66-25-29-2-10-33(11-3-29)51(59)60)47-43(57)67-26-30-4-12-34(13-5-30)52(61)62/h2-17,37-38H,18-28H2,1H3,(H2,45,46,47,56,57)/t37-,38-/m0/s1. The van der Waals surface area contributed by atoms with Crippen molar-refractivity contribution in [3.05, 3.63) is 150 Å². The first-order valence-corrected chi connectivity index (χ1v) is 22.1. The summed E-state index contributed by atoms with van der Waals surface area (Å²) in [5, 5.41) is 37.4. The van der Waals surface area contributed by atoms with Gasteiger partial charge in [-0.1, -0.05) is 12.1 Å². The number of methoxy groups -OCH3 is 1. The van der Waals surface area contributed by atoms with Crippen molar-refractivity contribution in [1.82, 2.24) is 25.3 Å². The van der Waals surface area contributed by atoms with E-state index in [2.05, 4.69) is 15.6 Å². The fraction of sp³-hybridized carbons (Fsp3) is 0.318. The predicted octanol–water partition coefficient (Wildman–Crippen LogP) is 5.31. The maximum absolute atomic E-state index is 14.2. The molecule has 2 aliphatic rings. The second-order valence-electron chi connectivity index (χ2n) is 15.3. The fourth-order valence-corrected chi connectivity index (χ4v) is 8.17. The summed E-state index contributed by atoms with van der Waals surface area (Å²) >= 11 is 1.58. The van der Waals surface area contributed by atoms with Crippen molar-refractivity contribution in [3.63, 3.8) is 0 Å². The van der Waals surface area contributed by atoms with Crippen LogP contribution in [0.1, 0.15) is 28.7 Å². The lowest BCUT2D eigenvalue weighted by Crippen LogP contribution is -2.55. The Hall–Kier alpha value is -8.35. The Morgan fingerprint density at radius 1 is 0.638 bits per heavy atom. The van der Waals surface area contributed by atoms with E-state index in [1.165, 1.54) is 82.6 Å². The summed E-state index contributed by atoms with van der Waals surface area (Å²) in [6, 6.07) is 22.7. The van der Waals surface area contributed by atoms with E-state index in [-0.39, 0.29) is 80.8 Å². The second kappa shape index (κ2) is 23.9. The van der Waals surface area contributed by atoms with E-state index < -0.39 is 57.5 Å². The molecule has 0 aliphatic carbocycles. The Labute approximate surface area is 397 Å². The number of aliphatic imine (C=N–C) groups is 1. The minimum atomic E-state index is -1.11. The summed E-state index contributed by atoms with van der Waals surface area (Å²) in [6.45, 7) is -0.828. The summed E-state index contributed by atoms with van der Waals surface area (Å²) in [5.74, 6) is -0.0890. The number of amides is 5. The van der Waals surface area contributed by atoms with E-state index in [0.29, 0.717) is 34.6 Å². The Kier molecular flexibility index (Phi) is 17.3. The van der Waals surface area contributed by atoms with Crippen LogP contribution in [0, 0.1) is 30.3 Å². The topological polar surface area (TPSA) is 298 Å². The average molecular weight is 972 g/mol. The van der Waals surface area contributed by atoms with E-state index in [4.69, 9.17) is 18.9 Å². The van der Waals surface area contributed by atoms with Crippen molar-refractivity contribution >= 4 is 64.9 Å². The van der Waals surface area contributed by atoms with Gasteiger partial charge in [0, 0.05) is 80.1 Å². The Morgan fingerprint density at radius 2 is 1.07 bits per heavy atom. The third-order valence-corrected chi connectivity index (χ3v) is 12.0. The van der Waals surface area contributed by atoms with Gasteiger partial charge in [0.1, 0.15) is 38.2 Å². The monoisotopic (exact) mass is 971 g/mol. The van der Waals surface area contributed by atoms with Crippen LogP contribution in [0.5, 0.6) is 5.75 Å². The van der Waals surface area contributed by atoms with Crippen molar-refractivity contribution in [1.29, 1.82) is 0 Å². The molecule has 362 valence electrons. The van der Waals surface area contributed by atoms with Gasteiger partial charge in [0.2, 0.25) is 17.8 Å². The molecule has 2 aliphatic heterocycles. The van der Waals surface area contributed by atoms with Crippen molar-refractivity contribution in [3.8, 4) is 5.75 Å². The molecule has 2 N–H and O–H groups in total. The molecule has 6 rings (SSSR count). The number of guanidine groups is 1. The van der Waals surface area contributed by atoms with Gasteiger partial charge in [-0.15, -0.1) is 0 Å². The lowest BCUT2D eigenvalue weighted by atomic mass is 10.1. The van der Waals surface area contributed by atoms with Crippen LogP contribution < -0.4 is 15.4 Å². The van der Waals surface area contributed by atoms with Gasteiger partial charge in [-0.25, -0.2) is 19.4 Å². The zero-order valence-corrected chi connectivity index (χ0v) is 37.6. The van der Waals surface area contributed by atoms with Gasteiger partial charge >= 0.3 is 18.3 Å². The lowest BCUT2D eigenvalue weighted by Gasteiger charge is -2.37. The third kappa shape index (κ3) is 14.6. The molecule has 25 heteroatoms. The zero-order chi connectivity index (χ0) is 49.5. The highest BCUT2D eigenvalue weighted by molar-refractivity contribution is 7.99. The third-order valence-electron chi connectivity index (χ3n) is 10.7. The summed E-state index contributed by atoms with van der Waals surface area (Å²) in [5.41, 5.74) is 1.88. The molecule has 5 amide bonds. The number of nitrogens with one attached hydrogen (secondary N) is 2. The highest BCUT2D eigenvalue weighted by Crippen LogP contribution is 2.32. The number of nitro benzene ring substituents is 3. The van der Waals surface area contributed by atoms with Crippen molar-refractivity contribution < 1.29 is 57.7 Å². The first kappa shape index (κ1) is 50.1. The van der Waals surface area contributed by atoms with Gasteiger partial charge in [-0.05, 0) is 77.2 Å². The predicted molar refractivity (Wildman–Crippen MR) is 245 cm³/mol. The number of hydrogen-bond donors (Lipinski definition) is 2. The number of nitrogens with zero attached hydrogens (tertiary/aromatic N) is 7. The van der Waals surface area contributed by atoms with Gasteiger partial charge in [0.05, 0.1) is 21.9 Å². The number of carbonyl (C=O) groups excluding carboxylic acids is 5. The van der Waals surface area contributed by atoms with E-state index in [9.17, 15) is 54.3 Å². The molecule has 0 unspecified atom stereocenters. The number of carbonyl (C=O) groups is 5. The van der Waals surface area contributed by atoms with Gasteiger partial charge < -0.3 is 28.7 Å². The van der Waals surface area contributed by atoms with E-state index in [1.807, 2.05) is 24.3 Å². The van der Waals surface area contributed by atoms with Crippen LogP contribution in [0.15, 0.2) is 102 Å². The van der Waals surface area contributed by atoms with Gasteiger partial charge in [0.15, 0.2) is 0 Å². The molecule has 0 bridgehead atoms. The smallest absolute Gasteiger partial charge is 0.414 e. The molecule has 2 saturated heterocycles. The molecule has 0 spiro atoms. The van der Waals surface area contributed by atoms with Crippen molar-refractivity contribution in [2.24, 2.45) is 4.99 Å². The van der Waals surface area contributed by atoms with Crippen LogP contribution in [-0.4, -0.2) is 123 Å². The second-order valence-corrected chi connectivity index (χ2v) is 16.6. The van der Waals surface area contributed by atoms with Crippen molar-refractivity contribution in [2.45, 2.75) is 43.3 Å². The molecule has 2 heterocycles. The number of alkyl carbamates (subject to hydrolysis) is 2. The molecule has 0 radical (unpaired) electrons. The molecule has 4 aromatic rings. The molecular formula is C44H45N9O15S. The maximum atomic E-state index is 14.2. The minimum absolute atomic E-state index is 0.0812. The molecule has 24 nitrogen and oxygen atoms in total. The number of piperazine rings is 1. The Bertz CT molecular complexity index is 2460. The van der Waals surface area contributed by atoms with Crippen LogP contribution >= 0.6 is 11.8 Å². The highest BCUT2D eigenvalue weighted by atomic mass is 32.2. The summed E-state index contributed by atoms with van der Waals surface area (Å²) in [6.07, 6.45) is -2.62. The van der Waals surface area contributed by atoms with Gasteiger partial charge in [-0.3, -0.25) is 55.5 Å².